The highest BCUT2D eigenvalue weighted by Gasteiger charge is 2.50. The van der Waals surface area contributed by atoms with Crippen molar-refractivity contribution in [3.05, 3.63) is 0 Å². The summed E-state index contributed by atoms with van der Waals surface area (Å²) in [4.78, 5) is 0. The summed E-state index contributed by atoms with van der Waals surface area (Å²) in [6.45, 7) is 8.77. The van der Waals surface area contributed by atoms with Crippen LogP contribution >= 0.6 is 0 Å². The largest absolute Gasteiger partial charge is 0.369 e. The number of hydrogen-bond donors (Lipinski definition) is 2. The average Bonchev–Trinajstić information content (AvgIpc) is 2.26. The summed E-state index contributed by atoms with van der Waals surface area (Å²) in [6, 6.07) is 0.422. The first-order chi connectivity index (χ1) is 7.36. The molecule has 3 heteroatoms. The lowest BCUT2D eigenvalue weighted by Crippen LogP contribution is -2.52. The van der Waals surface area contributed by atoms with E-state index in [0.29, 0.717) is 12.0 Å². The van der Waals surface area contributed by atoms with E-state index in [1.54, 1.807) is 0 Å². The van der Waals surface area contributed by atoms with Crippen LogP contribution in [0.1, 0.15) is 53.4 Å². The molecule has 2 atom stereocenters. The Kier molecular flexibility index (Phi) is 3.06. The average molecular weight is 226 g/mol. The normalized spacial score (nSPS) is 34.7. The van der Waals surface area contributed by atoms with Gasteiger partial charge in [0.25, 0.3) is 0 Å². The Morgan fingerprint density at radius 2 is 1.88 bits per heavy atom. The number of hydrazine groups is 1. The zero-order valence-electron chi connectivity index (χ0n) is 11.0. The Labute approximate surface area is 99.1 Å². The summed E-state index contributed by atoms with van der Waals surface area (Å²) in [5, 5.41) is 0. The topological polar surface area (TPSA) is 47.3 Å². The molecule has 0 radical (unpaired) electrons. The van der Waals surface area contributed by atoms with Crippen LogP contribution in [0.3, 0.4) is 0 Å². The van der Waals surface area contributed by atoms with E-state index in [4.69, 9.17) is 10.6 Å². The van der Waals surface area contributed by atoms with Gasteiger partial charge in [-0.05, 0) is 52.9 Å². The van der Waals surface area contributed by atoms with Gasteiger partial charge in [-0.3, -0.25) is 11.3 Å². The van der Waals surface area contributed by atoms with Crippen LogP contribution in [-0.2, 0) is 4.74 Å². The Balaban J connectivity index is 2.12. The number of hydrogen-bond acceptors (Lipinski definition) is 3. The van der Waals surface area contributed by atoms with Crippen molar-refractivity contribution in [3.63, 3.8) is 0 Å². The van der Waals surface area contributed by atoms with Crippen LogP contribution in [0.2, 0.25) is 0 Å². The first-order valence-corrected chi connectivity index (χ1v) is 6.52. The predicted molar refractivity (Wildman–Crippen MR) is 65.8 cm³/mol. The van der Waals surface area contributed by atoms with E-state index in [0.717, 1.165) is 12.3 Å². The van der Waals surface area contributed by atoms with Gasteiger partial charge in [0.2, 0.25) is 0 Å². The molecule has 94 valence electrons. The molecule has 0 amide bonds. The van der Waals surface area contributed by atoms with Gasteiger partial charge in [0.05, 0.1) is 11.2 Å². The molecule has 1 heterocycles. The number of nitrogens with two attached hydrogens (primary N) is 1. The van der Waals surface area contributed by atoms with Crippen LogP contribution in [0.25, 0.3) is 0 Å². The highest BCUT2D eigenvalue weighted by molar-refractivity contribution is 5.01. The molecule has 0 aromatic rings. The molecule has 2 rings (SSSR count). The molecule has 0 aromatic heterocycles. The molecule has 1 aliphatic heterocycles. The highest BCUT2D eigenvalue weighted by atomic mass is 16.5. The van der Waals surface area contributed by atoms with Crippen molar-refractivity contribution in [2.24, 2.45) is 17.7 Å². The predicted octanol–water partition coefficient (Wildman–Crippen LogP) is 2.21. The lowest BCUT2D eigenvalue weighted by atomic mass is 9.70. The fraction of sp³-hybridized carbons (Fsp3) is 1.00. The summed E-state index contributed by atoms with van der Waals surface area (Å²) in [7, 11) is 0. The molecule has 16 heavy (non-hydrogen) atoms. The standard InChI is InChI=1S/C13H26N2O/c1-12(2)8-10(13(3,4)16-12)11(15-14)9-6-5-7-9/h9-11,15H,5-8,14H2,1-4H3. The summed E-state index contributed by atoms with van der Waals surface area (Å²) in [5.74, 6) is 7.05. The van der Waals surface area contributed by atoms with Crippen LogP contribution < -0.4 is 11.3 Å². The summed E-state index contributed by atoms with van der Waals surface area (Å²) < 4.78 is 6.15. The Morgan fingerprint density at radius 1 is 1.25 bits per heavy atom. The lowest BCUT2D eigenvalue weighted by molar-refractivity contribution is -0.0810. The number of nitrogens with one attached hydrogen (secondary N) is 1. The number of ether oxygens (including phenoxy) is 1. The molecule has 1 saturated carbocycles. The van der Waals surface area contributed by atoms with Gasteiger partial charge in [-0.15, -0.1) is 0 Å². The summed E-state index contributed by atoms with van der Waals surface area (Å²) >= 11 is 0. The van der Waals surface area contributed by atoms with Crippen LogP contribution in [-0.4, -0.2) is 17.2 Å². The monoisotopic (exact) mass is 226 g/mol. The van der Waals surface area contributed by atoms with Gasteiger partial charge in [0, 0.05) is 12.0 Å². The van der Waals surface area contributed by atoms with Crippen molar-refractivity contribution in [2.75, 3.05) is 0 Å². The minimum atomic E-state index is -0.0594. The van der Waals surface area contributed by atoms with Crippen molar-refractivity contribution in [1.29, 1.82) is 0 Å². The zero-order valence-corrected chi connectivity index (χ0v) is 11.0. The lowest BCUT2D eigenvalue weighted by Gasteiger charge is -2.41. The van der Waals surface area contributed by atoms with Gasteiger partial charge in [0.1, 0.15) is 0 Å². The van der Waals surface area contributed by atoms with E-state index >= 15 is 0 Å². The van der Waals surface area contributed by atoms with Crippen molar-refractivity contribution < 1.29 is 4.74 Å². The van der Waals surface area contributed by atoms with E-state index in [9.17, 15) is 0 Å². The minimum Gasteiger partial charge on any atom is -0.369 e. The van der Waals surface area contributed by atoms with Crippen LogP contribution in [0, 0.1) is 11.8 Å². The first-order valence-electron chi connectivity index (χ1n) is 6.52. The first kappa shape index (κ1) is 12.3. The van der Waals surface area contributed by atoms with Gasteiger partial charge in [-0.25, -0.2) is 0 Å². The van der Waals surface area contributed by atoms with Crippen molar-refractivity contribution in [1.82, 2.24) is 5.43 Å². The van der Waals surface area contributed by atoms with E-state index in [1.165, 1.54) is 19.3 Å². The van der Waals surface area contributed by atoms with Gasteiger partial charge in [0.15, 0.2) is 0 Å². The van der Waals surface area contributed by atoms with Gasteiger partial charge < -0.3 is 4.74 Å². The maximum absolute atomic E-state index is 6.15. The van der Waals surface area contributed by atoms with Crippen molar-refractivity contribution in [3.8, 4) is 0 Å². The highest BCUT2D eigenvalue weighted by Crippen LogP contribution is 2.47. The SMILES string of the molecule is CC1(C)CC(C(NN)C2CCC2)C(C)(C)O1. The Morgan fingerprint density at radius 3 is 2.19 bits per heavy atom. The van der Waals surface area contributed by atoms with Gasteiger partial charge in [-0.1, -0.05) is 6.42 Å². The van der Waals surface area contributed by atoms with Gasteiger partial charge >= 0.3 is 0 Å². The summed E-state index contributed by atoms with van der Waals surface area (Å²) in [6.07, 6.45) is 5.11. The second kappa shape index (κ2) is 3.97. The van der Waals surface area contributed by atoms with E-state index in [-0.39, 0.29) is 11.2 Å². The fourth-order valence-corrected chi connectivity index (χ4v) is 3.54. The Hall–Kier alpha value is -0.120. The van der Waals surface area contributed by atoms with E-state index in [1.807, 2.05) is 0 Å². The van der Waals surface area contributed by atoms with Crippen LogP contribution in [0.15, 0.2) is 0 Å². The molecule has 0 spiro atoms. The minimum absolute atomic E-state index is 0.00693. The third-order valence-corrected chi connectivity index (χ3v) is 4.43. The molecular weight excluding hydrogens is 200 g/mol. The van der Waals surface area contributed by atoms with Crippen LogP contribution in [0.5, 0.6) is 0 Å². The quantitative estimate of drug-likeness (QED) is 0.573. The molecule has 1 saturated heterocycles. The zero-order chi connectivity index (χ0) is 12.0. The molecule has 2 fully saturated rings. The van der Waals surface area contributed by atoms with Gasteiger partial charge in [-0.2, -0.15) is 0 Å². The summed E-state index contributed by atoms with van der Waals surface area (Å²) in [5.41, 5.74) is 2.99. The third kappa shape index (κ3) is 2.13. The van der Waals surface area contributed by atoms with Crippen molar-refractivity contribution in [2.45, 2.75) is 70.6 Å². The Bertz CT molecular complexity index is 259. The van der Waals surface area contributed by atoms with E-state index in [2.05, 4.69) is 33.1 Å². The number of rotatable bonds is 3. The third-order valence-electron chi connectivity index (χ3n) is 4.43. The molecule has 3 nitrogen and oxygen atoms in total. The molecule has 0 aromatic carbocycles. The molecular formula is C13H26N2O. The molecule has 2 aliphatic rings. The second-order valence-electron chi connectivity index (χ2n) is 6.66. The molecule has 0 bridgehead atoms. The van der Waals surface area contributed by atoms with E-state index < -0.39 is 0 Å². The maximum atomic E-state index is 6.15. The molecule has 2 unspecified atom stereocenters. The molecule has 1 aliphatic carbocycles. The fourth-order valence-electron chi connectivity index (χ4n) is 3.54. The second-order valence-corrected chi connectivity index (χ2v) is 6.66. The van der Waals surface area contributed by atoms with Crippen molar-refractivity contribution >= 4 is 0 Å². The van der Waals surface area contributed by atoms with Crippen LogP contribution in [0.4, 0.5) is 0 Å². The molecule has 3 N–H and O–H groups in total. The smallest absolute Gasteiger partial charge is 0.0678 e. The maximum Gasteiger partial charge on any atom is 0.0678 e.